The zero-order valence-electron chi connectivity index (χ0n) is 12.2. The first kappa shape index (κ1) is 17.5. The summed E-state index contributed by atoms with van der Waals surface area (Å²) in [5, 5.41) is 9.93. The SMILES string of the molecule is O=S(=O)(Cc1ccc(F)cc1)NCCC(O)c1ccc(F)cc1. The lowest BCUT2D eigenvalue weighted by Crippen LogP contribution is -2.27. The van der Waals surface area contributed by atoms with E-state index in [4.69, 9.17) is 0 Å². The van der Waals surface area contributed by atoms with Crippen LogP contribution in [-0.2, 0) is 15.8 Å². The van der Waals surface area contributed by atoms with Crippen LogP contribution < -0.4 is 4.72 Å². The van der Waals surface area contributed by atoms with Gasteiger partial charge in [0.1, 0.15) is 11.6 Å². The van der Waals surface area contributed by atoms with Crippen LogP contribution in [0.15, 0.2) is 48.5 Å². The highest BCUT2D eigenvalue weighted by Crippen LogP contribution is 2.16. The van der Waals surface area contributed by atoms with Gasteiger partial charge < -0.3 is 5.11 Å². The van der Waals surface area contributed by atoms with E-state index in [1.165, 1.54) is 48.5 Å². The van der Waals surface area contributed by atoms with E-state index in [0.717, 1.165) is 0 Å². The number of benzene rings is 2. The summed E-state index contributed by atoms with van der Waals surface area (Å²) in [6, 6.07) is 10.6. The van der Waals surface area contributed by atoms with Crippen molar-refractivity contribution >= 4 is 10.0 Å². The lowest BCUT2D eigenvalue weighted by molar-refractivity contribution is 0.169. The zero-order chi connectivity index (χ0) is 16.9. The smallest absolute Gasteiger partial charge is 0.215 e. The minimum Gasteiger partial charge on any atom is -0.388 e. The molecule has 1 atom stereocenters. The average Bonchev–Trinajstić information content (AvgIpc) is 2.50. The summed E-state index contributed by atoms with van der Waals surface area (Å²) in [6.45, 7) is 0.0437. The molecule has 0 heterocycles. The summed E-state index contributed by atoms with van der Waals surface area (Å²) < 4.78 is 51.8. The van der Waals surface area contributed by atoms with Crippen molar-refractivity contribution in [1.82, 2.24) is 4.72 Å². The van der Waals surface area contributed by atoms with E-state index in [9.17, 15) is 22.3 Å². The molecule has 0 spiro atoms. The maximum Gasteiger partial charge on any atom is 0.215 e. The van der Waals surface area contributed by atoms with Crippen molar-refractivity contribution in [3.63, 3.8) is 0 Å². The number of aliphatic hydroxyl groups is 1. The molecule has 4 nitrogen and oxygen atoms in total. The maximum atomic E-state index is 12.8. The number of hydrogen-bond donors (Lipinski definition) is 2. The predicted octanol–water partition coefficient (Wildman–Crippen LogP) is 2.51. The van der Waals surface area contributed by atoms with Gasteiger partial charge in [-0.25, -0.2) is 21.9 Å². The van der Waals surface area contributed by atoms with Crippen molar-refractivity contribution in [3.8, 4) is 0 Å². The van der Waals surface area contributed by atoms with Crippen molar-refractivity contribution in [2.45, 2.75) is 18.3 Å². The zero-order valence-corrected chi connectivity index (χ0v) is 13.1. The molecule has 0 aliphatic rings. The molecule has 7 heteroatoms. The number of hydrogen-bond acceptors (Lipinski definition) is 3. The van der Waals surface area contributed by atoms with Gasteiger partial charge in [-0.2, -0.15) is 0 Å². The minimum absolute atomic E-state index is 0.0437. The van der Waals surface area contributed by atoms with Crippen LogP contribution in [0.5, 0.6) is 0 Å². The Hall–Kier alpha value is -1.83. The number of halogens is 2. The van der Waals surface area contributed by atoms with Crippen LogP contribution in [0.2, 0.25) is 0 Å². The Balaban J connectivity index is 1.84. The number of sulfonamides is 1. The molecule has 2 N–H and O–H groups in total. The monoisotopic (exact) mass is 341 g/mol. The third-order valence-electron chi connectivity index (χ3n) is 3.26. The topological polar surface area (TPSA) is 66.4 Å². The van der Waals surface area contributed by atoms with Crippen LogP contribution in [0, 0.1) is 11.6 Å². The van der Waals surface area contributed by atoms with Gasteiger partial charge in [0.15, 0.2) is 0 Å². The van der Waals surface area contributed by atoms with Gasteiger partial charge in [0.05, 0.1) is 11.9 Å². The molecule has 0 bridgehead atoms. The second kappa shape index (κ2) is 7.63. The van der Waals surface area contributed by atoms with E-state index < -0.39 is 27.8 Å². The standard InChI is InChI=1S/C16H17F2NO3S/c17-14-5-1-12(2-6-14)11-23(21,22)19-10-9-16(20)13-3-7-15(18)8-4-13/h1-8,16,19-20H,9-11H2. The molecule has 0 saturated heterocycles. The largest absolute Gasteiger partial charge is 0.388 e. The van der Waals surface area contributed by atoms with E-state index in [0.29, 0.717) is 11.1 Å². The van der Waals surface area contributed by atoms with E-state index in [1.54, 1.807) is 0 Å². The van der Waals surface area contributed by atoms with Gasteiger partial charge in [-0.15, -0.1) is 0 Å². The first-order valence-corrected chi connectivity index (χ1v) is 8.66. The lowest BCUT2D eigenvalue weighted by atomic mass is 10.1. The Labute approximate surface area is 133 Å². The van der Waals surface area contributed by atoms with E-state index in [2.05, 4.69) is 4.72 Å². The van der Waals surface area contributed by atoms with Gasteiger partial charge in [-0.05, 0) is 41.8 Å². The quantitative estimate of drug-likeness (QED) is 0.813. The van der Waals surface area contributed by atoms with Crippen molar-refractivity contribution in [2.24, 2.45) is 0 Å². The van der Waals surface area contributed by atoms with E-state index >= 15 is 0 Å². The third-order valence-corrected chi connectivity index (χ3v) is 4.62. The number of nitrogens with one attached hydrogen (secondary N) is 1. The Morgan fingerprint density at radius 2 is 1.48 bits per heavy atom. The van der Waals surface area contributed by atoms with Crippen LogP contribution in [0.3, 0.4) is 0 Å². The molecular formula is C16H17F2NO3S. The van der Waals surface area contributed by atoms with E-state index in [1.807, 2.05) is 0 Å². The molecule has 1 unspecified atom stereocenters. The highest BCUT2D eigenvalue weighted by Gasteiger charge is 2.13. The summed E-state index contributed by atoms with van der Waals surface area (Å²) in [4.78, 5) is 0. The highest BCUT2D eigenvalue weighted by molar-refractivity contribution is 7.88. The molecular weight excluding hydrogens is 324 g/mol. The predicted molar refractivity (Wildman–Crippen MR) is 83.0 cm³/mol. The molecule has 0 aromatic heterocycles. The average molecular weight is 341 g/mol. The maximum absolute atomic E-state index is 12.8. The summed E-state index contributed by atoms with van der Waals surface area (Å²) in [5.74, 6) is -1.10. The van der Waals surface area contributed by atoms with Gasteiger partial charge in [0.2, 0.25) is 10.0 Å². The fourth-order valence-electron chi connectivity index (χ4n) is 2.05. The molecule has 0 radical (unpaired) electrons. The Kier molecular flexibility index (Phi) is 5.81. The first-order valence-electron chi connectivity index (χ1n) is 7.01. The van der Waals surface area contributed by atoms with Crippen LogP contribution >= 0.6 is 0 Å². The molecule has 2 aromatic rings. The Bertz CT molecular complexity index is 731. The fourth-order valence-corrected chi connectivity index (χ4v) is 3.22. The summed E-state index contributed by atoms with van der Waals surface area (Å²) in [5.41, 5.74) is 0.988. The van der Waals surface area contributed by atoms with Crippen molar-refractivity contribution in [1.29, 1.82) is 0 Å². The van der Waals surface area contributed by atoms with Crippen LogP contribution in [-0.4, -0.2) is 20.1 Å². The van der Waals surface area contributed by atoms with Crippen molar-refractivity contribution in [2.75, 3.05) is 6.54 Å². The van der Waals surface area contributed by atoms with E-state index in [-0.39, 0.29) is 18.7 Å². The molecule has 2 rings (SSSR count). The molecule has 2 aromatic carbocycles. The third kappa shape index (κ3) is 5.70. The molecule has 23 heavy (non-hydrogen) atoms. The molecule has 124 valence electrons. The first-order chi connectivity index (χ1) is 10.9. The van der Waals surface area contributed by atoms with Crippen molar-refractivity contribution in [3.05, 3.63) is 71.3 Å². The Morgan fingerprint density at radius 3 is 2.04 bits per heavy atom. The molecule has 0 fully saturated rings. The van der Waals surface area contributed by atoms with Crippen molar-refractivity contribution < 1.29 is 22.3 Å². The highest BCUT2D eigenvalue weighted by atomic mass is 32.2. The van der Waals surface area contributed by atoms with Gasteiger partial charge >= 0.3 is 0 Å². The van der Waals surface area contributed by atoms with Gasteiger partial charge in [0.25, 0.3) is 0 Å². The molecule has 0 aliphatic heterocycles. The minimum atomic E-state index is -3.58. The second-order valence-electron chi connectivity index (χ2n) is 5.14. The fraction of sp³-hybridized carbons (Fsp3) is 0.250. The Morgan fingerprint density at radius 1 is 0.957 bits per heavy atom. The second-order valence-corrected chi connectivity index (χ2v) is 6.94. The lowest BCUT2D eigenvalue weighted by Gasteiger charge is -2.12. The molecule has 0 saturated carbocycles. The molecule has 0 amide bonds. The molecule has 0 aliphatic carbocycles. The number of rotatable bonds is 7. The summed E-state index contributed by atoms with van der Waals surface area (Å²) in [6.07, 6.45) is -0.724. The summed E-state index contributed by atoms with van der Waals surface area (Å²) in [7, 11) is -3.58. The van der Waals surface area contributed by atoms with Gasteiger partial charge in [0, 0.05) is 6.54 Å². The summed E-state index contributed by atoms with van der Waals surface area (Å²) >= 11 is 0. The van der Waals surface area contributed by atoms with Gasteiger partial charge in [-0.1, -0.05) is 24.3 Å². The van der Waals surface area contributed by atoms with Gasteiger partial charge in [-0.3, -0.25) is 0 Å². The van der Waals surface area contributed by atoms with Crippen LogP contribution in [0.4, 0.5) is 8.78 Å². The number of aliphatic hydroxyl groups excluding tert-OH is 1. The van der Waals surface area contributed by atoms with Crippen LogP contribution in [0.1, 0.15) is 23.7 Å². The van der Waals surface area contributed by atoms with Crippen LogP contribution in [0.25, 0.3) is 0 Å². The normalized spacial score (nSPS) is 13.0.